The maximum absolute atomic E-state index is 8.69. The molecule has 0 rings (SSSR count). The monoisotopic (exact) mass is 143 g/mol. The Labute approximate surface area is 60.6 Å². The molecule has 0 aliphatic carbocycles. The molecule has 0 aromatic rings. The standard InChI is InChI=1S/C7H11O3/c1-3-5-9-7(8)10-6-4-2/h3-4,8H,1-2,5-6H2. The van der Waals surface area contributed by atoms with Gasteiger partial charge in [-0.15, -0.1) is 13.2 Å². The van der Waals surface area contributed by atoms with Gasteiger partial charge in [0.05, 0.1) is 13.2 Å². The van der Waals surface area contributed by atoms with Gasteiger partial charge in [-0.1, -0.05) is 12.2 Å². The van der Waals surface area contributed by atoms with Crippen molar-refractivity contribution in [3.8, 4) is 0 Å². The predicted octanol–water partition coefficient (Wildman–Crippen LogP) is 1.21. The molecular weight excluding hydrogens is 132 g/mol. The maximum Gasteiger partial charge on any atom is 0.368 e. The minimum Gasteiger partial charge on any atom is -0.337 e. The summed E-state index contributed by atoms with van der Waals surface area (Å²) in [6.45, 7) is 6.81. The Kier molecular flexibility index (Phi) is 6.06. The molecule has 0 saturated heterocycles. The summed E-state index contributed by atoms with van der Waals surface area (Å²) < 4.78 is 9.15. The number of aliphatic hydroxyl groups is 1. The molecule has 0 saturated carbocycles. The minimum absolute atomic E-state index is 0.239. The lowest BCUT2D eigenvalue weighted by molar-refractivity contribution is -0.145. The zero-order valence-corrected chi connectivity index (χ0v) is 5.75. The largest absolute Gasteiger partial charge is 0.368 e. The van der Waals surface area contributed by atoms with E-state index in [2.05, 4.69) is 22.6 Å². The third-order valence-electron chi connectivity index (χ3n) is 0.649. The Morgan fingerprint density at radius 1 is 1.20 bits per heavy atom. The van der Waals surface area contributed by atoms with Gasteiger partial charge in [-0.05, 0) is 0 Å². The first-order chi connectivity index (χ1) is 4.81. The summed E-state index contributed by atoms with van der Waals surface area (Å²) in [6.07, 6.45) is 3.01. The summed E-state index contributed by atoms with van der Waals surface area (Å²) in [7, 11) is 0. The number of aliphatic hydroxyl groups excluding tert-OH is 1. The van der Waals surface area contributed by atoms with E-state index in [1.54, 1.807) is 0 Å². The topological polar surface area (TPSA) is 38.7 Å². The van der Waals surface area contributed by atoms with E-state index in [0.717, 1.165) is 0 Å². The van der Waals surface area contributed by atoms with Crippen molar-refractivity contribution in [2.75, 3.05) is 13.2 Å². The van der Waals surface area contributed by atoms with E-state index in [0.29, 0.717) is 0 Å². The number of hydrogen-bond acceptors (Lipinski definition) is 3. The van der Waals surface area contributed by atoms with Crippen LogP contribution < -0.4 is 0 Å². The SMILES string of the molecule is C=CCO[C](O)OCC=C. The molecule has 0 aromatic carbocycles. The summed E-state index contributed by atoms with van der Waals surface area (Å²) >= 11 is 0. The van der Waals surface area contributed by atoms with E-state index in [1.807, 2.05) is 0 Å². The van der Waals surface area contributed by atoms with Crippen molar-refractivity contribution < 1.29 is 14.6 Å². The van der Waals surface area contributed by atoms with Gasteiger partial charge in [-0.3, -0.25) is 0 Å². The molecule has 0 amide bonds. The lowest BCUT2D eigenvalue weighted by atomic mass is 10.7. The molecule has 0 fully saturated rings. The first kappa shape index (κ1) is 9.36. The van der Waals surface area contributed by atoms with Crippen molar-refractivity contribution in [1.82, 2.24) is 0 Å². The van der Waals surface area contributed by atoms with Crippen LogP contribution in [0.3, 0.4) is 0 Å². The van der Waals surface area contributed by atoms with E-state index < -0.39 is 6.48 Å². The minimum atomic E-state index is -0.445. The average Bonchev–Trinajstić information content (AvgIpc) is 1.97. The van der Waals surface area contributed by atoms with Crippen LogP contribution in [0.4, 0.5) is 0 Å². The summed E-state index contributed by atoms with van der Waals surface area (Å²) in [5.41, 5.74) is 0. The lowest BCUT2D eigenvalue weighted by Crippen LogP contribution is -2.06. The van der Waals surface area contributed by atoms with Gasteiger partial charge >= 0.3 is 6.48 Å². The molecule has 0 unspecified atom stereocenters. The molecule has 0 atom stereocenters. The smallest absolute Gasteiger partial charge is 0.337 e. The molecule has 3 nitrogen and oxygen atoms in total. The van der Waals surface area contributed by atoms with Crippen molar-refractivity contribution in [3.63, 3.8) is 0 Å². The van der Waals surface area contributed by atoms with Gasteiger partial charge in [0.25, 0.3) is 0 Å². The highest BCUT2D eigenvalue weighted by Crippen LogP contribution is 1.97. The van der Waals surface area contributed by atoms with E-state index in [1.165, 1.54) is 12.2 Å². The Balaban J connectivity index is 3.15. The Morgan fingerprint density at radius 3 is 1.90 bits per heavy atom. The fraction of sp³-hybridized carbons (Fsp3) is 0.286. The zero-order valence-electron chi connectivity index (χ0n) is 5.75. The quantitative estimate of drug-likeness (QED) is 0.568. The second-order valence-electron chi connectivity index (χ2n) is 1.47. The third kappa shape index (κ3) is 5.50. The molecule has 0 aromatic heterocycles. The van der Waals surface area contributed by atoms with E-state index >= 15 is 0 Å². The van der Waals surface area contributed by atoms with Gasteiger partial charge in [0.1, 0.15) is 0 Å². The second kappa shape index (κ2) is 6.48. The molecule has 3 heteroatoms. The molecule has 0 spiro atoms. The van der Waals surface area contributed by atoms with Crippen LogP contribution in [-0.4, -0.2) is 18.3 Å². The molecule has 0 aliphatic rings. The molecule has 0 bridgehead atoms. The predicted molar refractivity (Wildman–Crippen MR) is 37.5 cm³/mol. The second-order valence-corrected chi connectivity index (χ2v) is 1.47. The zero-order chi connectivity index (χ0) is 7.82. The van der Waals surface area contributed by atoms with Gasteiger partial charge < -0.3 is 14.6 Å². The normalized spacial score (nSPS) is 9.80. The van der Waals surface area contributed by atoms with E-state index in [4.69, 9.17) is 5.11 Å². The maximum atomic E-state index is 8.69. The average molecular weight is 143 g/mol. The highest BCUT2D eigenvalue weighted by molar-refractivity contribution is 4.68. The fourth-order valence-corrected chi connectivity index (χ4v) is 0.302. The van der Waals surface area contributed by atoms with Crippen LogP contribution in [0.2, 0.25) is 0 Å². The van der Waals surface area contributed by atoms with Crippen molar-refractivity contribution in [3.05, 3.63) is 31.8 Å². The van der Waals surface area contributed by atoms with Crippen LogP contribution in [0, 0.1) is 6.48 Å². The van der Waals surface area contributed by atoms with Gasteiger partial charge in [0, 0.05) is 0 Å². The lowest BCUT2D eigenvalue weighted by Gasteiger charge is -2.05. The molecular formula is C7H11O3. The van der Waals surface area contributed by atoms with Crippen molar-refractivity contribution in [2.24, 2.45) is 0 Å². The molecule has 0 aliphatic heterocycles. The van der Waals surface area contributed by atoms with Crippen LogP contribution in [0.15, 0.2) is 25.3 Å². The Morgan fingerprint density at radius 2 is 1.60 bits per heavy atom. The first-order valence-corrected chi connectivity index (χ1v) is 2.84. The fourth-order valence-electron chi connectivity index (χ4n) is 0.302. The summed E-state index contributed by atoms with van der Waals surface area (Å²) in [5, 5.41) is 8.69. The van der Waals surface area contributed by atoms with Gasteiger partial charge in [0.2, 0.25) is 0 Å². The van der Waals surface area contributed by atoms with Crippen LogP contribution >= 0.6 is 0 Å². The molecule has 1 N–H and O–H groups in total. The number of hydrogen-bond donors (Lipinski definition) is 1. The Bertz CT molecular complexity index is 89.0. The molecule has 10 heavy (non-hydrogen) atoms. The summed E-state index contributed by atoms with van der Waals surface area (Å²) in [6, 6.07) is 0. The number of ether oxygens (including phenoxy) is 2. The van der Waals surface area contributed by atoms with Crippen LogP contribution in [0.1, 0.15) is 0 Å². The van der Waals surface area contributed by atoms with Crippen molar-refractivity contribution in [1.29, 1.82) is 0 Å². The Hall–Kier alpha value is -0.640. The van der Waals surface area contributed by atoms with Crippen LogP contribution in [0.5, 0.6) is 0 Å². The molecule has 1 radical (unpaired) electrons. The van der Waals surface area contributed by atoms with Gasteiger partial charge in [0.15, 0.2) is 0 Å². The molecule has 0 heterocycles. The summed E-state index contributed by atoms with van der Waals surface area (Å²) in [5.74, 6) is 0. The van der Waals surface area contributed by atoms with Gasteiger partial charge in [-0.25, -0.2) is 0 Å². The molecule has 57 valence electrons. The van der Waals surface area contributed by atoms with Crippen molar-refractivity contribution in [2.45, 2.75) is 0 Å². The van der Waals surface area contributed by atoms with Gasteiger partial charge in [-0.2, -0.15) is 0 Å². The first-order valence-electron chi connectivity index (χ1n) is 2.84. The highest BCUT2D eigenvalue weighted by Gasteiger charge is 2.02. The third-order valence-corrected chi connectivity index (χ3v) is 0.649. The highest BCUT2D eigenvalue weighted by atomic mass is 16.8. The summed E-state index contributed by atoms with van der Waals surface area (Å²) in [4.78, 5) is 0. The van der Waals surface area contributed by atoms with E-state index in [-0.39, 0.29) is 13.2 Å². The number of rotatable bonds is 6. The van der Waals surface area contributed by atoms with Crippen molar-refractivity contribution >= 4 is 0 Å². The van der Waals surface area contributed by atoms with E-state index in [9.17, 15) is 0 Å². The van der Waals surface area contributed by atoms with Crippen LogP contribution in [0.25, 0.3) is 0 Å². The van der Waals surface area contributed by atoms with Crippen LogP contribution in [-0.2, 0) is 9.47 Å².